The molecular formula is C20H23FN4O2. The Labute approximate surface area is 157 Å². The maximum absolute atomic E-state index is 13.0. The summed E-state index contributed by atoms with van der Waals surface area (Å²) < 4.78 is 18.7. The number of halogens is 1. The number of fused-ring (bicyclic) bond motifs is 1. The Balaban J connectivity index is 1.40. The molecule has 1 saturated heterocycles. The summed E-state index contributed by atoms with van der Waals surface area (Å²) in [5.41, 5.74) is 2.04. The molecule has 2 atom stereocenters. The Kier molecular flexibility index (Phi) is 5.03. The van der Waals surface area contributed by atoms with Crippen LogP contribution in [0.1, 0.15) is 36.3 Å². The Morgan fingerprint density at radius 1 is 1.37 bits per heavy atom. The summed E-state index contributed by atoms with van der Waals surface area (Å²) in [6, 6.07) is 5.69. The fourth-order valence-corrected chi connectivity index (χ4v) is 3.62. The fourth-order valence-electron chi connectivity index (χ4n) is 3.62. The van der Waals surface area contributed by atoms with Crippen LogP contribution in [-0.2, 0) is 17.8 Å². The van der Waals surface area contributed by atoms with Crippen LogP contribution in [0.15, 0.2) is 30.5 Å². The van der Waals surface area contributed by atoms with Crippen molar-refractivity contribution in [3.05, 3.63) is 53.4 Å². The number of carbonyl (C=O) groups is 1. The molecule has 7 heteroatoms. The lowest BCUT2D eigenvalue weighted by Crippen LogP contribution is -2.43. The molecule has 3 heterocycles. The van der Waals surface area contributed by atoms with Crippen LogP contribution in [0, 0.1) is 5.82 Å². The van der Waals surface area contributed by atoms with Gasteiger partial charge in [-0.2, -0.15) is 0 Å². The van der Waals surface area contributed by atoms with Crippen LogP contribution in [-0.4, -0.2) is 46.5 Å². The summed E-state index contributed by atoms with van der Waals surface area (Å²) in [6.07, 6.45) is 3.02. The van der Waals surface area contributed by atoms with Crippen LogP contribution in [0.5, 0.6) is 5.75 Å². The first-order valence-corrected chi connectivity index (χ1v) is 9.36. The van der Waals surface area contributed by atoms with Gasteiger partial charge in [0, 0.05) is 43.7 Å². The maximum atomic E-state index is 13.0. The standard InChI is InChI=1S/C20H23FN4O2/c1-13(27-17-4-2-16(21)3-5-17)20(26)25-9-7-18-15(12-25)11-23-19(24-18)14-6-8-22-10-14/h2-5,11,13-14,22H,6-10,12H2,1H3. The Morgan fingerprint density at radius 3 is 2.93 bits per heavy atom. The van der Waals surface area contributed by atoms with Gasteiger partial charge >= 0.3 is 0 Å². The van der Waals surface area contributed by atoms with Gasteiger partial charge in [0.25, 0.3) is 5.91 Å². The lowest BCUT2D eigenvalue weighted by molar-refractivity contribution is -0.138. The van der Waals surface area contributed by atoms with Crippen LogP contribution in [0.3, 0.4) is 0 Å². The van der Waals surface area contributed by atoms with E-state index in [9.17, 15) is 9.18 Å². The molecule has 27 heavy (non-hydrogen) atoms. The Bertz CT molecular complexity index is 821. The van der Waals surface area contributed by atoms with E-state index in [-0.39, 0.29) is 11.7 Å². The first-order chi connectivity index (χ1) is 13.1. The number of nitrogens with zero attached hydrogens (tertiary/aromatic N) is 3. The van der Waals surface area contributed by atoms with Crippen molar-refractivity contribution in [2.45, 2.75) is 38.3 Å². The molecular weight excluding hydrogens is 347 g/mol. The number of hydrogen-bond donors (Lipinski definition) is 1. The molecule has 1 N–H and O–H groups in total. The quantitative estimate of drug-likeness (QED) is 0.892. The molecule has 0 radical (unpaired) electrons. The molecule has 2 aliphatic rings. The third-order valence-corrected chi connectivity index (χ3v) is 5.16. The predicted molar refractivity (Wildman–Crippen MR) is 97.9 cm³/mol. The third kappa shape index (κ3) is 3.93. The maximum Gasteiger partial charge on any atom is 0.263 e. The molecule has 142 valence electrons. The van der Waals surface area contributed by atoms with Crippen molar-refractivity contribution in [1.82, 2.24) is 20.2 Å². The van der Waals surface area contributed by atoms with Crippen molar-refractivity contribution in [2.24, 2.45) is 0 Å². The summed E-state index contributed by atoms with van der Waals surface area (Å²) in [5, 5.41) is 3.34. The van der Waals surface area contributed by atoms with Gasteiger partial charge in [-0.25, -0.2) is 14.4 Å². The van der Waals surface area contributed by atoms with E-state index in [1.807, 2.05) is 6.20 Å². The Hall–Kier alpha value is -2.54. The van der Waals surface area contributed by atoms with Gasteiger partial charge in [0.15, 0.2) is 6.10 Å². The van der Waals surface area contributed by atoms with Crippen LogP contribution < -0.4 is 10.1 Å². The first kappa shape index (κ1) is 17.9. The van der Waals surface area contributed by atoms with Crippen molar-refractivity contribution >= 4 is 5.91 Å². The van der Waals surface area contributed by atoms with Crippen molar-refractivity contribution < 1.29 is 13.9 Å². The van der Waals surface area contributed by atoms with Crippen LogP contribution in [0.4, 0.5) is 4.39 Å². The normalized spacial score (nSPS) is 20.2. The van der Waals surface area contributed by atoms with Gasteiger partial charge in [0.05, 0.1) is 5.69 Å². The molecule has 0 aliphatic carbocycles. The zero-order chi connectivity index (χ0) is 18.8. The largest absolute Gasteiger partial charge is 0.481 e. The summed E-state index contributed by atoms with van der Waals surface area (Å²) in [4.78, 5) is 23.8. The molecule has 0 bridgehead atoms. The van der Waals surface area contributed by atoms with Crippen molar-refractivity contribution in [3.8, 4) is 5.75 Å². The number of amides is 1. The summed E-state index contributed by atoms with van der Waals surface area (Å²) in [6.45, 7) is 4.77. The molecule has 1 aromatic carbocycles. The highest BCUT2D eigenvalue weighted by Gasteiger charge is 2.28. The Morgan fingerprint density at radius 2 is 2.19 bits per heavy atom. The molecule has 2 unspecified atom stereocenters. The summed E-state index contributed by atoms with van der Waals surface area (Å²) in [7, 11) is 0. The van der Waals surface area contributed by atoms with Gasteiger partial charge in [-0.15, -0.1) is 0 Å². The number of benzene rings is 1. The van der Waals surface area contributed by atoms with E-state index in [1.165, 1.54) is 24.3 Å². The van der Waals surface area contributed by atoms with Gasteiger partial charge in [0.2, 0.25) is 0 Å². The number of nitrogens with one attached hydrogen (secondary N) is 1. The topological polar surface area (TPSA) is 67.3 Å². The fraction of sp³-hybridized carbons (Fsp3) is 0.450. The third-order valence-electron chi connectivity index (χ3n) is 5.16. The molecule has 2 aromatic rings. The lowest BCUT2D eigenvalue weighted by Gasteiger charge is -2.30. The van der Waals surface area contributed by atoms with Gasteiger partial charge in [-0.05, 0) is 44.2 Å². The minimum absolute atomic E-state index is 0.0888. The van der Waals surface area contributed by atoms with Crippen molar-refractivity contribution in [3.63, 3.8) is 0 Å². The van der Waals surface area contributed by atoms with Gasteiger partial charge in [-0.3, -0.25) is 4.79 Å². The molecule has 1 fully saturated rings. The van der Waals surface area contributed by atoms with E-state index in [1.54, 1.807) is 11.8 Å². The second kappa shape index (κ2) is 7.60. The molecule has 2 aliphatic heterocycles. The highest BCUT2D eigenvalue weighted by atomic mass is 19.1. The van der Waals surface area contributed by atoms with Crippen LogP contribution >= 0.6 is 0 Å². The van der Waals surface area contributed by atoms with Gasteiger partial charge in [0.1, 0.15) is 17.4 Å². The molecule has 1 aromatic heterocycles. The molecule has 0 saturated carbocycles. The molecule has 0 spiro atoms. The molecule has 4 rings (SSSR count). The predicted octanol–water partition coefficient (Wildman–Crippen LogP) is 2.04. The van der Waals surface area contributed by atoms with Crippen LogP contribution in [0.25, 0.3) is 0 Å². The van der Waals surface area contributed by atoms with E-state index < -0.39 is 6.10 Å². The minimum Gasteiger partial charge on any atom is -0.481 e. The monoisotopic (exact) mass is 370 g/mol. The second-order valence-corrected chi connectivity index (χ2v) is 7.11. The minimum atomic E-state index is -0.637. The summed E-state index contributed by atoms with van der Waals surface area (Å²) >= 11 is 0. The zero-order valence-electron chi connectivity index (χ0n) is 15.3. The van der Waals surface area contributed by atoms with E-state index >= 15 is 0 Å². The molecule has 1 amide bonds. The van der Waals surface area contributed by atoms with E-state index in [0.717, 1.165) is 43.0 Å². The number of aromatic nitrogens is 2. The molecule has 6 nitrogen and oxygen atoms in total. The lowest BCUT2D eigenvalue weighted by atomic mass is 10.0. The first-order valence-electron chi connectivity index (χ1n) is 9.36. The average Bonchev–Trinajstić information content (AvgIpc) is 3.23. The van der Waals surface area contributed by atoms with Crippen molar-refractivity contribution in [1.29, 1.82) is 0 Å². The van der Waals surface area contributed by atoms with E-state index in [0.29, 0.717) is 24.8 Å². The number of hydrogen-bond acceptors (Lipinski definition) is 5. The second-order valence-electron chi connectivity index (χ2n) is 7.11. The highest BCUT2D eigenvalue weighted by molar-refractivity contribution is 5.81. The zero-order valence-corrected chi connectivity index (χ0v) is 15.3. The number of rotatable bonds is 4. The van der Waals surface area contributed by atoms with E-state index in [4.69, 9.17) is 9.72 Å². The highest BCUT2D eigenvalue weighted by Crippen LogP contribution is 2.23. The SMILES string of the molecule is CC(Oc1ccc(F)cc1)C(=O)N1CCc2nc(C3CCNC3)ncc2C1. The smallest absolute Gasteiger partial charge is 0.263 e. The van der Waals surface area contributed by atoms with Gasteiger partial charge in [-0.1, -0.05) is 0 Å². The average molecular weight is 370 g/mol. The summed E-state index contributed by atoms with van der Waals surface area (Å²) in [5.74, 6) is 1.36. The van der Waals surface area contributed by atoms with E-state index in [2.05, 4.69) is 10.3 Å². The number of ether oxygens (including phenoxy) is 1. The van der Waals surface area contributed by atoms with Crippen LogP contribution in [0.2, 0.25) is 0 Å². The number of carbonyl (C=O) groups excluding carboxylic acids is 1. The van der Waals surface area contributed by atoms with Gasteiger partial charge < -0.3 is 15.0 Å². The van der Waals surface area contributed by atoms with Crippen molar-refractivity contribution in [2.75, 3.05) is 19.6 Å².